The van der Waals surface area contributed by atoms with Crippen molar-refractivity contribution in [2.24, 2.45) is 0 Å². The molecule has 1 aromatic carbocycles. The fourth-order valence-corrected chi connectivity index (χ4v) is 2.07. The van der Waals surface area contributed by atoms with Gasteiger partial charge in [-0.1, -0.05) is 24.6 Å². The monoisotopic (exact) mass is 312 g/mol. The third kappa shape index (κ3) is 7.11. The average molecular weight is 313 g/mol. The van der Waals surface area contributed by atoms with Crippen molar-refractivity contribution in [1.82, 2.24) is 4.90 Å². The van der Waals surface area contributed by atoms with Crippen molar-refractivity contribution in [3.05, 3.63) is 29.3 Å². The summed E-state index contributed by atoms with van der Waals surface area (Å²) < 4.78 is 4.65. The molecule has 0 aliphatic rings. The van der Waals surface area contributed by atoms with E-state index in [-0.39, 0.29) is 18.4 Å². The van der Waals surface area contributed by atoms with Crippen molar-refractivity contribution in [2.45, 2.75) is 19.8 Å². The second kappa shape index (κ2) is 9.37. The fourth-order valence-electron chi connectivity index (χ4n) is 1.88. The zero-order chi connectivity index (χ0) is 15.7. The van der Waals surface area contributed by atoms with Gasteiger partial charge < -0.3 is 10.1 Å². The number of methoxy groups -OCH3 is 1. The maximum atomic E-state index is 11.9. The van der Waals surface area contributed by atoms with Gasteiger partial charge in [-0.25, -0.2) is 0 Å². The highest BCUT2D eigenvalue weighted by atomic mass is 35.5. The molecule has 0 bridgehead atoms. The lowest BCUT2D eigenvalue weighted by molar-refractivity contribution is -0.142. The molecule has 0 aromatic heterocycles. The number of hydrogen-bond acceptors (Lipinski definition) is 4. The molecule has 0 fully saturated rings. The molecule has 5 nitrogen and oxygen atoms in total. The van der Waals surface area contributed by atoms with E-state index in [2.05, 4.69) is 10.1 Å². The fraction of sp³-hybridized carbons (Fsp3) is 0.467. The summed E-state index contributed by atoms with van der Waals surface area (Å²) in [6, 6.07) is 6.99. The first-order chi connectivity index (χ1) is 10.0. The zero-order valence-electron chi connectivity index (χ0n) is 12.4. The number of nitrogens with zero attached hydrogens (tertiary/aromatic N) is 1. The molecule has 0 spiro atoms. The second-order valence-corrected chi connectivity index (χ2v) is 5.10. The van der Waals surface area contributed by atoms with Gasteiger partial charge in [-0.05, 0) is 31.2 Å². The van der Waals surface area contributed by atoms with Crippen LogP contribution >= 0.6 is 11.6 Å². The number of carbonyl (C=O) groups excluding carboxylic acids is 2. The van der Waals surface area contributed by atoms with Crippen molar-refractivity contribution in [2.75, 3.05) is 32.1 Å². The molecule has 0 aliphatic carbocycles. The van der Waals surface area contributed by atoms with Crippen molar-refractivity contribution in [3.8, 4) is 0 Å². The quantitative estimate of drug-likeness (QED) is 0.750. The number of benzene rings is 1. The van der Waals surface area contributed by atoms with Crippen LogP contribution in [-0.4, -0.2) is 43.5 Å². The molecule has 116 valence electrons. The van der Waals surface area contributed by atoms with Gasteiger partial charge >= 0.3 is 5.97 Å². The van der Waals surface area contributed by atoms with E-state index in [4.69, 9.17) is 11.6 Å². The first kappa shape index (κ1) is 17.5. The Hall–Kier alpha value is -1.59. The Morgan fingerprint density at radius 2 is 2.10 bits per heavy atom. The van der Waals surface area contributed by atoms with E-state index in [9.17, 15) is 9.59 Å². The zero-order valence-corrected chi connectivity index (χ0v) is 13.2. The molecule has 0 radical (unpaired) electrons. The first-order valence-electron chi connectivity index (χ1n) is 6.89. The van der Waals surface area contributed by atoms with E-state index < -0.39 is 0 Å². The lowest BCUT2D eigenvalue weighted by Gasteiger charge is -2.19. The van der Waals surface area contributed by atoms with Gasteiger partial charge in [0.1, 0.15) is 0 Å². The molecule has 0 atom stereocenters. The number of rotatable bonds is 8. The smallest absolute Gasteiger partial charge is 0.319 e. The Morgan fingerprint density at radius 3 is 2.71 bits per heavy atom. The third-order valence-electron chi connectivity index (χ3n) is 2.88. The minimum atomic E-state index is -0.293. The number of hydrogen-bond donors (Lipinski definition) is 1. The van der Waals surface area contributed by atoms with Gasteiger partial charge in [-0.15, -0.1) is 0 Å². The summed E-state index contributed by atoms with van der Waals surface area (Å²) in [7, 11) is 1.36. The van der Waals surface area contributed by atoms with E-state index in [1.807, 2.05) is 11.8 Å². The highest BCUT2D eigenvalue weighted by Crippen LogP contribution is 2.15. The summed E-state index contributed by atoms with van der Waals surface area (Å²) >= 11 is 5.86. The molecule has 0 aliphatic heterocycles. The van der Waals surface area contributed by atoms with Crippen molar-refractivity contribution < 1.29 is 14.3 Å². The molecule has 0 heterocycles. The highest BCUT2D eigenvalue weighted by molar-refractivity contribution is 6.30. The summed E-state index contributed by atoms with van der Waals surface area (Å²) in [6.07, 6.45) is 1.22. The van der Waals surface area contributed by atoms with Crippen LogP contribution in [0.2, 0.25) is 5.02 Å². The normalized spacial score (nSPS) is 10.5. The number of nitrogens with one attached hydrogen (secondary N) is 1. The summed E-state index contributed by atoms with van der Waals surface area (Å²) in [5.74, 6) is -0.401. The predicted molar refractivity (Wildman–Crippen MR) is 83.4 cm³/mol. The van der Waals surface area contributed by atoms with Gasteiger partial charge in [-0.2, -0.15) is 0 Å². The van der Waals surface area contributed by atoms with Gasteiger partial charge in [0.05, 0.1) is 13.7 Å². The number of halogens is 1. The maximum Gasteiger partial charge on any atom is 0.319 e. The summed E-state index contributed by atoms with van der Waals surface area (Å²) in [5, 5.41) is 3.36. The Labute approximate surface area is 130 Å². The van der Waals surface area contributed by atoms with Crippen LogP contribution in [-0.2, 0) is 14.3 Å². The van der Waals surface area contributed by atoms with Crippen molar-refractivity contribution in [1.29, 1.82) is 0 Å². The number of anilines is 1. The molecule has 6 heteroatoms. The number of ether oxygens (including phenoxy) is 1. The summed E-state index contributed by atoms with van der Waals surface area (Å²) in [4.78, 5) is 25.1. The van der Waals surface area contributed by atoms with E-state index in [0.29, 0.717) is 23.7 Å². The standard InChI is InChI=1S/C15H21ClN2O3/c1-3-8-18(11-15(20)21-2)9-7-14(19)17-13-6-4-5-12(16)10-13/h4-6,10H,3,7-9,11H2,1-2H3,(H,17,19). The molecular formula is C15H21ClN2O3. The van der Waals surface area contributed by atoms with Crippen LogP contribution < -0.4 is 5.32 Å². The van der Waals surface area contributed by atoms with Gasteiger partial charge in [0.15, 0.2) is 0 Å². The van der Waals surface area contributed by atoms with Crippen LogP contribution in [0.15, 0.2) is 24.3 Å². The molecule has 21 heavy (non-hydrogen) atoms. The molecule has 1 aromatic rings. The van der Waals surface area contributed by atoms with E-state index in [0.717, 1.165) is 13.0 Å². The van der Waals surface area contributed by atoms with Crippen LogP contribution in [0.3, 0.4) is 0 Å². The highest BCUT2D eigenvalue weighted by Gasteiger charge is 2.12. The van der Waals surface area contributed by atoms with Crippen LogP contribution in [0.25, 0.3) is 0 Å². The lowest BCUT2D eigenvalue weighted by atomic mass is 10.3. The van der Waals surface area contributed by atoms with Crippen LogP contribution in [0.5, 0.6) is 0 Å². The lowest BCUT2D eigenvalue weighted by Crippen LogP contribution is -2.34. The molecule has 0 unspecified atom stereocenters. The molecule has 1 amide bonds. The van der Waals surface area contributed by atoms with Gasteiger partial charge in [-0.3, -0.25) is 14.5 Å². The summed E-state index contributed by atoms with van der Waals surface area (Å²) in [6.45, 7) is 3.49. The predicted octanol–water partition coefficient (Wildman–Crippen LogP) is 2.55. The molecule has 1 rings (SSSR count). The molecular weight excluding hydrogens is 292 g/mol. The molecule has 0 saturated heterocycles. The van der Waals surface area contributed by atoms with Crippen LogP contribution in [0.1, 0.15) is 19.8 Å². The maximum absolute atomic E-state index is 11.9. The molecule has 0 saturated carbocycles. The Morgan fingerprint density at radius 1 is 1.33 bits per heavy atom. The second-order valence-electron chi connectivity index (χ2n) is 4.66. The topological polar surface area (TPSA) is 58.6 Å². The van der Waals surface area contributed by atoms with E-state index >= 15 is 0 Å². The SMILES string of the molecule is CCCN(CCC(=O)Nc1cccc(Cl)c1)CC(=O)OC. The van der Waals surface area contributed by atoms with Gasteiger partial charge in [0, 0.05) is 23.7 Å². The van der Waals surface area contributed by atoms with E-state index in [1.54, 1.807) is 24.3 Å². The van der Waals surface area contributed by atoms with Gasteiger partial charge in [0.25, 0.3) is 0 Å². The number of esters is 1. The third-order valence-corrected chi connectivity index (χ3v) is 3.12. The summed E-state index contributed by atoms with van der Waals surface area (Å²) in [5.41, 5.74) is 0.669. The van der Waals surface area contributed by atoms with Crippen molar-refractivity contribution >= 4 is 29.2 Å². The van der Waals surface area contributed by atoms with Crippen LogP contribution in [0.4, 0.5) is 5.69 Å². The van der Waals surface area contributed by atoms with Gasteiger partial charge in [0.2, 0.25) is 5.91 Å². The number of carbonyl (C=O) groups is 2. The minimum Gasteiger partial charge on any atom is -0.468 e. The van der Waals surface area contributed by atoms with E-state index in [1.165, 1.54) is 7.11 Å². The Bertz CT molecular complexity index is 480. The van der Waals surface area contributed by atoms with Crippen molar-refractivity contribution in [3.63, 3.8) is 0 Å². The Balaban J connectivity index is 2.43. The first-order valence-corrected chi connectivity index (χ1v) is 7.27. The average Bonchev–Trinajstić information content (AvgIpc) is 2.45. The Kier molecular flexibility index (Phi) is 7.79. The van der Waals surface area contributed by atoms with Crippen LogP contribution in [0, 0.1) is 0 Å². The largest absolute Gasteiger partial charge is 0.468 e. The minimum absolute atomic E-state index is 0.108. The number of amides is 1. The molecule has 1 N–H and O–H groups in total.